The minimum atomic E-state index is -1.82. The minimum Gasteiger partial charge on any atom is -0.473 e. The van der Waals surface area contributed by atoms with Gasteiger partial charge in [0.1, 0.15) is 0 Å². The molecule has 0 aromatic rings. The van der Waals surface area contributed by atoms with Gasteiger partial charge in [-0.05, 0) is 27.4 Å². The van der Waals surface area contributed by atoms with Crippen LogP contribution < -0.4 is 0 Å². The second-order valence-electron chi connectivity index (χ2n) is 6.35. The molecule has 1 aliphatic heterocycles. The lowest BCUT2D eigenvalue weighted by atomic mass is 9.85. The molecule has 2 N–H and O–H groups in total. The third kappa shape index (κ3) is 7.82. The van der Waals surface area contributed by atoms with Crippen molar-refractivity contribution in [1.82, 2.24) is 9.80 Å². The van der Waals surface area contributed by atoms with Gasteiger partial charge >= 0.3 is 18.0 Å². The van der Waals surface area contributed by atoms with Crippen molar-refractivity contribution < 1.29 is 29.3 Å². The molecule has 0 bridgehead atoms. The summed E-state index contributed by atoms with van der Waals surface area (Å²) in [5.74, 6) is -3.65. The van der Waals surface area contributed by atoms with E-state index in [2.05, 4.69) is 25.7 Å². The highest BCUT2D eigenvalue weighted by Gasteiger charge is 2.37. The number of likely N-dealkylation sites (tertiary alicyclic amines) is 1. The molecule has 128 valence electrons. The van der Waals surface area contributed by atoms with Gasteiger partial charge in [-0.3, -0.25) is 0 Å². The molecule has 1 heterocycles. The largest absolute Gasteiger partial charge is 0.473 e. The number of carboxylic acid groups (broad SMARTS) is 2. The Bertz CT molecular complexity index is 388. The van der Waals surface area contributed by atoms with Gasteiger partial charge in [-0.15, -0.1) is 0 Å². The Labute approximate surface area is 130 Å². The van der Waals surface area contributed by atoms with Crippen molar-refractivity contribution in [3.8, 4) is 0 Å². The van der Waals surface area contributed by atoms with Crippen LogP contribution in [0.3, 0.4) is 0 Å². The summed E-state index contributed by atoms with van der Waals surface area (Å²) in [4.78, 5) is 33.6. The summed E-state index contributed by atoms with van der Waals surface area (Å²) >= 11 is 0. The fourth-order valence-corrected chi connectivity index (χ4v) is 1.78. The molecular weight excluding hydrogens is 292 g/mol. The third-order valence-electron chi connectivity index (χ3n) is 3.32. The van der Waals surface area contributed by atoms with Gasteiger partial charge in [-0.2, -0.15) is 0 Å². The average molecular weight is 318 g/mol. The van der Waals surface area contributed by atoms with Crippen molar-refractivity contribution in [2.45, 2.75) is 33.2 Å². The molecule has 1 saturated heterocycles. The maximum atomic E-state index is 11.6. The van der Waals surface area contributed by atoms with Crippen LogP contribution in [0.15, 0.2) is 0 Å². The van der Waals surface area contributed by atoms with E-state index in [9.17, 15) is 4.79 Å². The second kappa shape index (κ2) is 8.57. The van der Waals surface area contributed by atoms with Gasteiger partial charge in [-0.1, -0.05) is 13.8 Å². The Hall–Kier alpha value is -1.83. The summed E-state index contributed by atoms with van der Waals surface area (Å²) in [6, 6.07) is 0.445. The normalized spacial score (nSPS) is 16.9. The monoisotopic (exact) mass is 318 g/mol. The van der Waals surface area contributed by atoms with Gasteiger partial charge in [0.05, 0.1) is 6.61 Å². The number of amides is 1. The highest BCUT2D eigenvalue weighted by molar-refractivity contribution is 6.27. The van der Waals surface area contributed by atoms with E-state index in [0.29, 0.717) is 12.6 Å². The molecule has 8 heteroatoms. The summed E-state index contributed by atoms with van der Waals surface area (Å²) in [5, 5.41) is 14.8. The molecule has 1 aliphatic rings. The van der Waals surface area contributed by atoms with Crippen molar-refractivity contribution in [1.29, 1.82) is 0 Å². The van der Waals surface area contributed by atoms with Gasteiger partial charge in [0.25, 0.3) is 0 Å². The lowest BCUT2D eigenvalue weighted by molar-refractivity contribution is -0.159. The highest BCUT2D eigenvalue weighted by Crippen LogP contribution is 2.28. The lowest BCUT2D eigenvalue weighted by Gasteiger charge is -2.44. The van der Waals surface area contributed by atoms with Crippen molar-refractivity contribution in [2.24, 2.45) is 5.41 Å². The zero-order valence-electron chi connectivity index (χ0n) is 13.8. The molecule has 1 amide bonds. The molecule has 1 fully saturated rings. The Morgan fingerprint density at radius 2 is 1.64 bits per heavy atom. The summed E-state index contributed by atoms with van der Waals surface area (Å²) in [6.45, 7) is 8.58. The number of hydrogen-bond donors (Lipinski definition) is 2. The van der Waals surface area contributed by atoms with E-state index >= 15 is 0 Å². The Morgan fingerprint density at radius 1 is 1.18 bits per heavy atom. The van der Waals surface area contributed by atoms with Crippen molar-refractivity contribution in [3.05, 3.63) is 0 Å². The molecule has 1 atom stereocenters. The molecule has 0 aliphatic carbocycles. The molecule has 0 aromatic carbocycles. The van der Waals surface area contributed by atoms with Crippen LogP contribution in [0.5, 0.6) is 0 Å². The van der Waals surface area contributed by atoms with Gasteiger partial charge in [0.2, 0.25) is 0 Å². The zero-order valence-corrected chi connectivity index (χ0v) is 13.8. The van der Waals surface area contributed by atoms with E-state index in [4.69, 9.17) is 24.5 Å². The predicted molar refractivity (Wildman–Crippen MR) is 79.7 cm³/mol. The third-order valence-corrected chi connectivity index (χ3v) is 3.32. The van der Waals surface area contributed by atoms with Gasteiger partial charge < -0.3 is 24.7 Å². The second-order valence-corrected chi connectivity index (χ2v) is 6.35. The van der Waals surface area contributed by atoms with Crippen LogP contribution in [-0.2, 0) is 14.3 Å². The van der Waals surface area contributed by atoms with E-state index in [1.807, 2.05) is 14.1 Å². The van der Waals surface area contributed by atoms with Crippen LogP contribution in [-0.4, -0.2) is 77.9 Å². The van der Waals surface area contributed by atoms with Crippen LogP contribution >= 0.6 is 0 Å². The predicted octanol–water partition coefficient (Wildman–Crippen LogP) is 0.961. The van der Waals surface area contributed by atoms with E-state index in [1.54, 1.807) is 4.90 Å². The van der Waals surface area contributed by atoms with Crippen LogP contribution in [0.25, 0.3) is 0 Å². The number of carboxylic acids is 2. The van der Waals surface area contributed by atoms with Crippen molar-refractivity contribution >= 4 is 18.0 Å². The van der Waals surface area contributed by atoms with Crippen LogP contribution in [0, 0.1) is 5.41 Å². The van der Waals surface area contributed by atoms with Gasteiger partial charge in [0.15, 0.2) is 0 Å². The Kier molecular flexibility index (Phi) is 7.86. The first-order valence-corrected chi connectivity index (χ1v) is 7.00. The van der Waals surface area contributed by atoms with Crippen LogP contribution in [0.4, 0.5) is 4.79 Å². The smallest absolute Gasteiger partial charge is 0.414 e. The fourth-order valence-electron chi connectivity index (χ4n) is 1.78. The summed E-state index contributed by atoms with van der Waals surface area (Å²) in [5.41, 5.74) is 0.274. The molecule has 0 radical (unpaired) electrons. The molecule has 0 aromatic heterocycles. The summed E-state index contributed by atoms with van der Waals surface area (Å²) < 4.78 is 5.22. The first-order chi connectivity index (χ1) is 9.96. The Balaban J connectivity index is 0.000000626. The average Bonchev–Trinajstić information content (AvgIpc) is 2.35. The summed E-state index contributed by atoms with van der Waals surface area (Å²) in [7, 11) is 4.06. The molecular formula is C14H26N2O6. The molecule has 22 heavy (non-hydrogen) atoms. The van der Waals surface area contributed by atoms with Gasteiger partial charge in [-0.25, -0.2) is 14.4 Å². The first kappa shape index (κ1) is 20.2. The fraction of sp³-hybridized carbons (Fsp3) is 0.786. The SMILES string of the molecule is CC(CCOC(=O)N1CC(C)(C)C1)N(C)C.O=C(O)C(=O)O. The topological polar surface area (TPSA) is 107 Å². The van der Waals surface area contributed by atoms with E-state index in [0.717, 1.165) is 19.5 Å². The number of carbonyl (C=O) groups excluding carboxylic acids is 1. The Morgan fingerprint density at radius 3 is 1.95 bits per heavy atom. The number of aliphatic carboxylic acids is 2. The quantitative estimate of drug-likeness (QED) is 0.743. The standard InChI is InChI=1S/C12H24N2O2.C2H2O4/c1-10(13(4)5)6-7-16-11(15)14-8-12(2,3)9-14;3-1(4)2(5)6/h10H,6-9H2,1-5H3;(H,3,4)(H,5,6). The lowest BCUT2D eigenvalue weighted by Crippen LogP contribution is -2.55. The summed E-state index contributed by atoms with van der Waals surface area (Å²) in [6.07, 6.45) is 0.723. The van der Waals surface area contributed by atoms with Gasteiger partial charge in [0, 0.05) is 24.5 Å². The maximum Gasteiger partial charge on any atom is 0.414 e. The molecule has 1 rings (SSSR count). The van der Waals surface area contributed by atoms with Crippen LogP contribution in [0.1, 0.15) is 27.2 Å². The number of nitrogens with zero attached hydrogens (tertiary/aromatic N) is 2. The molecule has 0 saturated carbocycles. The van der Waals surface area contributed by atoms with E-state index < -0.39 is 11.9 Å². The molecule has 8 nitrogen and oxygen atoms in total. The van der Waals surface area contributed by atoms with Crippen LogP contribution in [0.2, 0.25) is 0 Å². The highest BCUT2D eigenvalue weighted by atomic mass is 16.6. The number of hydrogen-bond acceptors (Lipinski definition) is 5. The van der Waals surface area contributed by atoms with Crippen molar-refractivity contribution in [3.63, 3.8) is 0 Å². The van der Waals surface area contributed by atoms with E-state index in [1.165, 1.54) is 0 Å². The molecule has 0 spiro atoms. The number of rotatable bonds is 4. The van der Waals surface area contributed by atoms with E-state index in [-0.39, 0.29) is 11.5 Å². The minimum absolute atomic E-state index is 0.162. The number of carbonyl (C=O) groups is 3. The zero-order chi connectivity index (χ0) is 17.5. The first-order valence-electron chi connectivity index (χ1n) is 7.00. The number of ether oxygens (including phenoxy) is 1. The maximum absolute atomic E-state index is 11.6. The molecule has 1 unspecified atom stereocenters. The van der Waals surface area contributed by atoms with Crippen molar-refractivity contribution in [2.75, 3.05) is 33.8 Å².